The van der Waals surface area contributed by atoms with Crippen LogP contribution < -0.4 is 4.74 Å². The molecule has 0 aromatic heterocycles. The van der Waals surface area contributed by atoms with E-state index in [0.717, 1.165) is 0 Å². The van der Waals surface area contributed by atoms with Crippen LogP contribution in [0, 0.1) is 0 Å². The Morgan fingerprint density at radius 3 is 2.00 bits per heavy atom. The lowest BCUT2D eigenvalue weighted by Gasteiger charge is -2.24. The zero-order chi connectivity index (χ0) is 25.3. The Morgan fingerprint density at radius 2 is 1.32 bits per heavy atom. The van der Waals surface area contributed by atoms with Crippen LogP contribution >= 0.6 is 0 Å². The minimum absolute atomic E-state index is 0.0262. The van der Waals surface area contributed by atoms with Gasteiger partial charge in [0.15, 0.2) is 0 Å². The number of para-hydroxylation sites is 1. The second kappa shape index (κ2) is 16.9. The molecule has 0 bridgehead atoms. The first-order chi connectivity index (χ1) is 16.1. The van der Waals surface area contributed by atoms with Crippen LogP contribution in [0.25, 0.3) is 0 Å². The van der Waals surface area contributed by atoms with Crippen LogP contribution in [-0.2, 0) is 23.7 Å². The summed E-state index contributed by atoms with van der Waals surface area (Å²) >= 11 is 0. The van der Waals surface area contributed by atoms with Gasteiger partial charge in [-0.25, -0.2) is 0 Å². The number of alkyl halides is 4. The van der Waals surface area contributed by atoms with E-state index in [2.05, 4.69) is 14.2 Å². The number of rotatable bonds is 21. The summed E-state index contributed by atoms with van der Waals surface area (Å²) in [6.45, 7) is -4.27. The highest BCUT2D eigenvalue weighted by atomic mass is 19.3. The van der Waals surface area contributed by atoms with Crippen LogP contribution in [0.5, 0.6) is 5.75 Å². The van der Waals surface area contributed by atoms with E-state index in [1.807, 2.05) is 0 Å². The summed E-state index contributed by atoms with van der Waals surface area (Å²) in [6, 6.07) is 8.74. The minimum Gasteiger partial charge on any atom is -0.493 e. The van der Waals surface area contributed by atoms with Gasteiger partial charge in [0.1, 0.15) is 25.8 Å². The van der Waals surface area contributed by atoms with Crippen molar-refractivity contribution in [1.82, 2.24) is 0 Å². The first-order valence-corrected chi connectivity index (χ1v) is 10.5. The van der Waals surface area contributed by atoms with Gasteiger partial charge in [-0.1, -0.05) is 18.2 Å². The first-order valence-electron chi connectivity index (χ1n) is 10.5. The summed E-state index contributed by atoms with van der Waals surface area (Å²) in [4.78, 5) is 0. The average Bonchev–Trinajstić information content (AvgIpc) is 2.75. The molecule has 0 radical (unpaired) electrons. The van der Waals surface area contributed by atoms with Gasteiger partial charge >= 0.3 is 12.2 Å². The molecule has 0 aliphatic heterocycles. The van der Waals surface area contributed by atoms with E-state index in [1.54, 1.807) is 30.3 Å². The molecule has 198 valence electrons. The summed E-state index contributed by atoms with van der Waals surface area (Å²) < 4.78 is 82.0. The molecule has 2 atom stereocenters. The monoisotopic (exact) mass is 504 g/mol. The van der Waals surface area contributed by atoms with Gasteiger partial charge in [0.05, 0.1) is 45.2 Å². The number of aliphatic hydroxyl groups is 3. The van der Waals surface area contributed by atoms with E-state index in [9.17, 15) is 27.8 Å². The van der Waals surface area contributed by atoms with Crippen molar-refractivity contribution >= 4 is 0 Å². The van der Waals surface area contributed by atoms with Gasteiger partial charge in [0, 0.05) is 13.0 Å². The molecule has 2 unspecified atom stereocenters. The van der Waals surface area contributed by atoms with Gasteiger partial charge in [-0.05, 0) is 18.6 Å². The molecule has 0 saturated heterocycles. The van der Waals surface area contributed by atoms with Crippen molar-refractivity contribution in [3.63, 3.8) is 0 Å². The molecule has 1 aromatic carbocycles. The van der Waals surface area contributed by atoms with Crippen LogP contribution in [0.3, 0.4) is 0 Å². The van der Waals surface area contributed by atoms with Crippen LogP contribution in [-0.4, -0.2) is 99.4 Å². The molecule has 0 amide bonds. The van der Waals surface area contributed by atoms with Crippen LogP contribution in [0.2, 0.25) is 0 Å². The van der Waals surface area contributed by atoms with Crippen molar-refractivity contribution in [2.24, 2.45) is 0 Å². The highest BCUT2D eigenvalue weighted by molar-refractivity contribution is 5.20. The van der Waals surface area contributed by atoms with Crippen LogP contribution in [0.4, 0.5) is 17.6 Å². The van der Waals surface area contributed by atoms with Gasteiger partial charge in [-0.15, -0.1) is 0 Å². The van der Waals surface area contributed by atoms with Crippen molar-refractivity contribution < 1.29 is 61.3 Å². The third kappa shape index (κ3) is 16.1. The smallest absolute Gasteiger partial charge is 0.383 e. The van der Waals surface area contributed by atoms with Gasteiger partial charge in [0.2, 0.25) is 0 Å². The highest BCUT2D eigenvalue weighted by Crippen LogP contribution is 2.27. The lowest BCUT2D eigenvalue weighted by Crippen LogP contribution is -2.40. The number of benzene rings is 1. The van der Waals surface area contributed by atoms with Crippen molar-refractivity contribution in [3.05, 3.63) is 30.3 Å². The Bertz CT molecular complexity index is 626. The molecule has 34 heavy (non-hydrogen) atoms. The summed E-state index contributed by atoms with van der Waals surface area (Å²) in [6.07, 6.45) is -10.4. The molecular formula is C21H32F4O9. The number of hydrogen-bond acceptors (Lipinski definition) is 9. The second-order valence-corrected chi connectivity index (χ2v) is 7.11. The Hall–Kier alpha value is -1.58. The molecule has 1 rings (SSSR count). The summed E-state index contributed by atoms with van der Waals surface area (Å²) in [5.41, 5.74) is 0. The Labute approximate surface area is 195 Å². The number of halogens is 4. The molecule has 3 N–H and O–H groups in total. The zero-order valence-corrected chi connectivity index (χ0v) is 18.6. The van der Waals surface area contributed by atoms with E-state index in [-0.39, 0.29) is 45.9 Å². The standard InChI is InChI=1S/C21H32F4O9/c22-20(23,14-31-13-18(28)7-9-33-19-4-2-1-3-5-19)34-21(24,25)15-32-16-30-11-10-29-12-17(27)6-8-26/h1-5,17-18,26-28H,6-16H2. The highest BCUT2D eigenvalue weighted by Gasteiger charge is 2.44. The maximum Gasteiger partial charge on any atom is 0.383 e. The van der Waals surface area contributed by atoms with E-state index in [0.29, 0.717) is 5.75 Å². The maximum absolute atomic E-state index is 13.6. The van der Waals surface area contributed by atoms with Gasteiger partial charge in [-0.2, -0.15) is 17.6 Å². The molecule has 0 aliphatic rings. The van der Waals surface area contributed by atoms with Crippen molar-refractivity contribution in [3.8, 4) is 5.75 Å². The fourth-order valence-electron chi connectivity index (χ4n) is 2.35. The maximum atomic E-state index is 13.6. The SMILES string of the molecule is OCCC(O)COCCOCOCC(F)(F)OC(F)(F)COCC(O)CCOc1ccccc1. The average molecular weight is 504 g/mol. The molecule has 0 fully saturated rings. The molecule has 13 heteroatoms. The van der Waals surface area contributed by atoms with Crippen molar-refractivity contribution in [1.29, 1.82) is 0 Å². The molecule has 0 aliphatic carbocycles. The first kappa shape index (κ1) is 30.5. The normalized spacial score (nSPS) is 14.2. The van der Waals surface area contributed by atoms with Crippen LogP contribution in [0.15, 0.2) is 30.3 Å². The Balaban J connectivity index is 2.10. The topological polar surface area (TPSA) is 116 Å². The number of aliphatic hydroxyl groups excluding tert-OH is 3. The van der Waals surface area contributed by atoms with Crippen molar-refractivity contribution in [2.45, 2.75) is 37.3 Å². The van der Waals surface area contributed by atoms with E-state index >= 15 is 0 Å². The fourth-order valence-corrected chi connectivity index (χ4v) is 2.35. The summed E-state index contributed by atoms with van der Waals surface area (Å²) in [5, 5.41) is 27.6. The van der Waals surface area contributed by atoms with Crippen LogP contribution in [0.1, 0.15) is 12.8 Å². The van der Waals surface area contributed by atoms with Crippen molar-refractivity contribution in [2.75, 3.05) is 59.6 Å². The lowest BCUT2D eigenvalue weighted by atomic mass is 10.3. The third-order valence-electron chi connectivity index (χ3n) is 3.92. The quantitative estimate of drug-likeness (QED) is 0.131. The molecule has 0 heterocycles. The molecule has 0 spiro atoms. The van der Waals surface area contributed by atoms with E-state index in [1.165, 1.54) is 0 Å². The predicted molar refractivity (Wildman–Crippen MR) is 110 cm³/mol. The van der Waals surface area contributed by atoms with Gasteiger partial charge < -0.3 is 39.0 Å². The molecule has 1 aromatic rings. The third-order valence-corrected chi connectivity index (χ3v) is 3.92. The fraction of sp³-hybridized carbons (Fsp3) is 0.714. The summed E-state index contributed by atoms with van der Waals surface area (Å²) in [7, 11) is 0. The molecular weight excluding hydrogens is 472 g/mol. The molecule has 9 nitrogen and oxygen atoms in total. The minimum atomic E-state index is -4.32. The number of ether oxygens (including phenoxy) is 6. The van der Waals surface area contributed by atoms with Gasteiger partial charge in [-0.3, -0.25) is 4.74 Å². The molecule has 0 saturated carbocycles. The Morgan fingerprint density at radius 1 is 0.735 bits per heavy atom. The van der Waals surface area contributed by atoms with Gasteiger partial charge in [0.25, 0.3) is 0 Å². The number of hydrogen-bond donors (Lipinski definition) is 3. The second-order valence-electron chi connectivity index (χ2n) is 7.11. The summed E-state index contributed by atoms with van der Waals surface area (Å²) in [5.74, 6) is 0.577. The predicted octanol–water partition coefficient (Wildman–Crippen LogP) is 1.79. The Kier molecular flexibility index (Phi) is 15.2. The largest absolute Gasteiger partial charge is 0.493 e. The zero-order valence-electron chi connectivity index (χ0n) is 18.6. The van der Waals surface area contributed by atoms with E-state index in [4.69, 9.17) is 19.3 Å². The van der Waals surface area contributed by atoms with E-state index < -0.39 is 51.0 Å². The lowest BCUT2D eigenvalue weighted by molar-refractivity contribution is -0.396.